The van der Waals surface area contributed by atoms with Gasteiger partial charge in [0.05, 0.1) is 0 Å². The lowest BCUT2D eigenvalue weighted by Gasteiger charge is -2.21. The second-order valence-electron chi connectivity index (χ2n) is 4.77. The molecule has 0 amide bonds. The van der Waals surface area contributed by atoms with E-state index in [1.54, 1.807) is 0 Å². The van der Waals surface area contributed by atoms with Gasteiger partial charge in [-0.1, -0.05) is 45.7 Å². The minimum absolute atomic E-state index is 0.544. The molecule has 0 radical (unpaired) electrons. The third-order valence-electron chi connectivity index (χ3n) is 3.38. The summed E-state index contributed by atoms with van der Waals surface area (Å²) in [7, 11) is 0. The summed E-state index contributed by atoms with van der Waals surface area (Å²) in [5.41, 5.74) is 2.68. The fourth-order valence-electron chi connectivity index (χ4n) is 1.82. The highest BCUT2D eigenvalue weighted by Crippen LogP contribution is 2.16. The summed E-state index contributed by atoms with van der Waals surface area (Å²) in [6, 6.07) is 9.40. The molecule has 1 nitrogen and oxygen atoms in total. The molecule has 16 heavy (non-hydrogen) atoms. The predicted octanol–water partition coefficient (Wildman–Crippen LogP) is 4.49. The number of benzene rings is 1. The van der Waals surface area contributed by atoms with Crippen LogP contribution in [0.1, 0.15) is 46.1 Å². The molecule has 0 aliphatic carbocycles. The van der Waals surface area contributed by atoms with E-state index in [-0.39, 0.29) is 0 Å². The molecule has 1 heteroatoms. The van der Waals surface area contributed by atoms with Gasteiger partial charge in [-0.05, 0) is 37.0 Å². The van der Waals surface area contributed by atoms with Crippen LogP contribution in [0.25, 0.3) is 0 Å². The van der Waals surface area contributed by atoms with Crippen LogP contribution in [-0.2, 0) is 6.42 Å². The number of rotatable bonds is 6. The van der Waals surface area contributed by atoms with Gasteiger partial charge in [-0.3, -0.25) is 0 Å². The lowest BCUT2D eigenvalue weighted by Crippen LogP contribution is -2.23. The van der Waals surface area contributed by atoms with Crippen LogP contribution in [0, 0.1) is 5.92 Å². The van der Waals surface area contributed by atoms with Crippen molar-refractivity contribution in [2.45, 2.75) is 53.0 Å². The van der Waals surface area contributed by atoms with Gasteiger partial charge in [0, 0.05) is 11.7 Å². The summed E-state index contributed by atoms with van der Waals surface area (Å²) < 4.78 is 0. The maximum absolute atomic E-state index is 3.56. The zero-order valence-electron chi connectivity index (χ0n) is 11.1. The first-order chi connectivity index (χ1) is 7.67. The average Bonchev–Trinajstić information content (AvgIpc) is 2.31. The lowest BCUT2D eigenvalue weighted by molar-refractivity contribution is 0.494. The molecule has 0 aromatic heterocycles. The van der Waals surface area contributed by atoms with Gasteiger partial charge in [0.25, 0.3) is 0 Å². The second kappa shape index (κ2) is 6.57. The Hall–Kier alpha value is -0.980. The second-order valence-corrected chi connectivity index (χ2v) is 4.77. The summed E-state index contributed by atoms with van der Waals surface area (Å²) in [6.07, 6.45) is 3.62. The van der Waals surface area contributed by atoms with Crippen LogP contribution >= 0.6 is 0 Å². The number of anilines is 1. The van der Waals surface area contributed by atoms with E-state index in [9.17, 15) is 0 Å². The Balaban J connectivity index is 2.54. The third kappa shape index (κ3) is 3.88. The SMILES string of the molecule is CCCc1ccc(NC(C)C(C)CC)cc1. The fourth-order valence-corrected chi connectivity index (χ4v) is 1.82. The van der Waals surface area contributed by atoms with Crippen LogP contribution in [0.3, 0.4) is 0 Å². The Kier molecular flexibility index (Phi) is 5.37. The van der Waals surface area contributed by atoms with Gasteiger partial charge in [-0.15, -0.1) is 0 Å². The molecule has 90 valence electrons. The average molecular weight is 219 g/mol. The monoisotopic (exact) mass is 219 g/mol. The predicted molar refractivity (Wildman–Crippen MR) is 73.0 cm³/mol. The summed E-state index contributed by atoms with van der Waals surface area (Å²) in [6.45, 7) is 9.02. The molecule has 2 atom stereocenters. The van der Waals surface area contributed by atoms with Crippen LogP contribution < -0.4 is 5.32 Å². The fraction of sp³-hybridized carbons (Fsp3) is 0.600. The summed E-state index contributed by atoms with van der Waals surface area (Å²) >= 11 is 0. The van der Waals surface area contributed by atoms with Crippen LogP contribution in [0.15, 0.2) is 24.3 Å². The van der Waals surface area contributed by atoms with Crippen molar-refractivity contribution < 1.29 is 0 Å². The van der Waals surface area contributed by atoms with Gasteiger partial charge in [0.15, 0.2) is 0 Å². The summed E-state index contributed by atoms with van der Waals surface area (Å²) in [5.74, 6) is 0.718. The molecule has 0 spiro atoms. The van der Waals surface area contributed by atoms with Gasteiger partial charge < -0.3 is 5.32 Å². The molecule has 0 bridgehead atoms. The number of aryl methyl sites for hydroxylation is 1. The zero-order valence-corrected chi connectivity index (χ0v) is 11.1. The van der Waals surface area contributed by atoms with Crippen molar-refractivity contribution in [3.05, 3.63) is 29.8 Å². The maximum Gasteiger partial charge on any atom is 0.0342 e. The van der Waals surface area contributed by atoms with E-state index in [4.69, 9.17) is 0 Å². The molecular formula is C15H25N. The first kappa shape index (κ1) is 13.1. The Morgan fingerprint density at radius 3 is 2.19 bits per heavy atom. The van der Waals surface area contributed by atoms with Crippen LogP contribution in [0.4, 0.5) is 5.69 Å². The number of hydrogen-bond donors (Lipinski definition) is 1. The van der Waals surface area contributed by atoms with E-state index in [0.29, 0.717) is 6.04 Å². The molecule has 1 N–H and O–H groups in total. The van der Waals surface area contributed by atoms with E-state index >= 15 is 0 Å². The Morgan fingerprint density at radius 2 is 1.69 bits per heavy atom. The van der Waals surface area contributed by atoms with Crippen LogP contribution in [0.5, 0.6) is 0 Å². The highest BCUT2D eigenvalue weighted by molar-refractivity contribution is 5.45. The third-order valence-corrected chi connectivity index (χ3v) is 3.38. The van der Waals surface area contributed by atoms with Crippen molar-refractivity contribution in [2.75, 3.05) is 5.32 Å². The minimum atomic E-state index is 0.544. The standard InChI is InChI=1S/C15H25N/c1-5-7-14-8-10-15(11-9-14)16-13(4)12(3)6-2/h8-13,16H,5-7H2,1-4H3. The van der Waals surface area contributed by atoms with E-state index < -0.39 is 0 Å². The van der Waals surface area contributed by atoms with E-state index in [2.05, 4.69) is 57.3 Å². The molecule has 0 saturated carbocycles. The highest BCUT2D eigenvalue weighted by Gasteiger charge is 2.09. The van der Waals surface area contributed by atoms with Crippen molar-refractivity contribution in [1.82, 2.24) is 0 Å². The van der Waals surface area contributed by atoms with Crippen molar-refractivity contribution in [3.63, 3.8) is 0 Å². The number of hydrogen-bond acceptors (Lipinski definition) is 1. The van der Waals surface area contributed by atoms with Gasteiger partial charge in [-0.2, -0.15) is 0 Å². The smallest absolute Gasteiger partial charge is 0.0342 e. The molecule has 1 aromatic carbocycles. The topological polar surface area (TPSA) is 12.0 Å². The van der Waals surface area contributed by atoms with Crippen LogP contribution in [0.2, 0.25) is 0 Å². The van der Waals surface area contributed by atoms with E-state index in [1.807, 2.05) is 0 Å². The van der Waals surface area contributed by atoms with Gasteiger partial charge in [0.2, 0.25) is 0 Å². The molecule has 1 rings (SSSR count). The van der Waals surface area contributed by atoms with Crippen molar-refractivity contribution in [3.8, 4) is 0 Å². The first-order valence-corrected chi connectivity index (χ1v) is 6.52. The maximum atomic E-state index is 3.56. The van der Waals surface area contributed by atoms with Crippen LogP contribution in [-0.4, -0.2) is 6.04 Å². The summed E-state index contributed by atoms with van der Waals surface area (Å²) in [4.78, 5) is 0. The highest BCUT2D eigenvalue weighted by atomic mass is 14.9. The van der Waals surface area contributed by atoms with Gasteiger partial charge in [-0.25, -0.2) is 0 Å². The van der Waals surface area contributed by atoms with Crippen molar-refractivity contribution in [1.29, 1.82) is 0 Å². The van der Waals surface area contributed by atoms with Gasteiger partial charge >= 0.3 is 0 Å². The lowest BCUT2D eigenvalue weighted by atomic mass is 10.0. The minimum Gasteiger partial charge on any atom is -0.382 e. The van der Waals surface area contributed by atoms with E-state index in [1.165, 1.54) is 30.5 Å². The summed E-state index contributed by atoms with van der Waals surface area (Å²) in [5, 5.41) is 3.56. The Morgan fingerprint density at radius 1 is 1.06 bits per heavy atom. The first-order valence-electron chi connectivity index (χ1n) is 6.52. The van der Waals surface area contributed by atoms with Crippen molar-refractivity contribution >= 4 is 5.69 Å². The van der Waals surface area contributed by atoms with E-state index in [0.717, 1.165) is 5.92 Å². The number of nitrogens with one attached hydrogen (secondary N) is 1. The Labute approximate surface area is 100 Å². The molecular weight excluding hydrogens is 194 g/mol. The molecule has 2 unspecified atom stereocenters. The normalized spacial score (nSPS) is 14.5. The molecule has 0 aliphatic heterocycles. The zero-order chi connectivity index (χ0) is 12.0. The molecule has 0 fully saturated rings. The largest absolute Gasteiger partial charge is 0.382 e. The Bertz CT molecular complexity index is 289. The molecule has 1 aromatic rings. The molecule has 0 saturated heterocycles. The van der Waals surface area contributed by atoms with Gasteiger partial charge in [0.1, 0.15) is 0 Å². The van der Waals surface area contributed by atoms with Crippen molar-refractivity contribution in [2.24, 2.45) is 5.92 Å². The molecule has 0 heterocycles. The quantitative estimate of drug-likeness (QED) is 0.743. The molecule has 0 aliphatic rings.